The quantitative estimate of drug-likeness (QED) is 0.444. The van der Waals surface area contributed by atoms with Gasteiger partial charge in [0.25, 0.3) is 0 Å². The summed E-state index contributed by atoms with van der Waals surface area (Å²) in [4.78, 5) is 27.8. The molecule has 2 aromatic heterocycles. The minimum atomic E-state index is -0.573. The molecule has 0 bridgehead atoms. The van der Waals surface area contributed by atoms with E-state index in [1.54, 1.807) is 9.36 Å². The molecule has 1 aromatic carbocycles. The van der Waals surface area contributed by atoms with E-state index >= 15 is 0 Å². The second-order valence-corrected chi connectivity index (χ2v) is 8.09. The number of hydrogen-bond acceptors (Lipinski definition) is 7. The summed E-state index contributed by atoms with van der Waals surface area (Å²) in [5.74, 6) is 2.17. The first-order chi connectivity index (χ1) is 15.3. The second kappa shape index (κ2) is 8.41. The predicted molar refractivity (Wildman–Crippen MR) is 129 cm³/mol. The van der Waals surface area contributed by atoms with Crippen LogP contribution in [0.2, 0.25) is 0 Å². The lowest BCUT2D eigenvalue weighted by Crippen LogP contribution is -2.20. The normalized spacial score (nSPS) is 13.7. The highest BCUT2D eigenvalue weighted by atomic mass is 32.2. The van der Waals surface area contributed by atoms with E-state index in [0.29, 0.717) is 22.9 Å². The number of aryl methyl sites for hydroxylation is 2. The SMILES string of the molecule is C=C=NC(=O)C1=Nn2c(nc(-c3cc(C)n(C)n3)c2SC)C1=Nc1ccc(N(C)C)cc1. The van der Waals surface area contributed by atoms with Gasteiger partial charge in [-0.25, -0.2) is 14.7 Å². The zero-order valence-electron chi connectivity index (χ0n) is 18.5. The molecule has 0 unspecified atom stereocenters. The fourth-order valence-corrected chi connectivity index (χ4v) is 3.89. The Morgan fingerprint density at radius 3 is 2.53 bits per heavy atom. The van der Waals surface area contributed by atoms with Crippen LogP contribution in [0.1, 0.15) is 11.5 Å². The second-order valence-electron chi connectivity index (χ2n) is 7.29. The Morgan fingerprint density at radius 2 is 1.97 bits per heavy atom. The number of hydrogen-bond donors (Lipinski definition) is 0. The van der Waals surface area contributed by atoms with Crippen molar-refractivity contribution in [1.82, 2.24) is 19.4 Å². The Hall–Kier alpha value is -3.75. The molecule has 1 aliphatic rings. The van der Waals surface area contributed by atoms with E-state index in [9.17, 15) is 4.79 Å². The number of fused-ring (bicyclic) bond motifs is 1. The highest BCUT2D eigenvalue weighted by Gasteiger charge is 2.34. The fraction of sp³-hybridized carbons (Fsp3) is 0.227. The van der Waals surface area contributed by atoms with Crippen LogP contribution in [0.5, 0.6) is 0 Å². The highest BCUT2D eigenvalue weighted by Crippen LogP contribution is 2.33. The van der Waals surface area contributed by atoms with Gasteiger partial charge in [-0.15, -0.1) is 11.8 Å². The predicted octanol–water partition coefficient (Wildman–Crippen LogP) is 3.10. The molecule has 0 aliphatic carbocycles. The topological polar surface area (TPSA) is 93.0 Å². The van der Waals surface area contributed by atoms with E-state index in [2.05, 4.69) is 27.6 Å². The van der Waals surface area contributed by atoms with Crippen molar-refractivity contribution in [3.05, 3.63) is 48.4 Å². The Balaban J connectivity index is 1.88. The van der Waals surface area contributed by atoms with Crippen LogP contribution in [0, 0.1) is 6.92 Å². The van der Waals surface area contributed by atoms with Gasteiger partial charge in [-0.1, -0.05) is 0 Å². The summed E-state index contributed by atoms with van der Waals surface area (Å²) in [5.41, 5.74) is 4.59. The third-order valence-electron chi connectivity index (χ3n) is 4.99. The maximum atomic E-state index is 12.6. The Kier molecular flexibility index (Phi) is 5.65. The van der Waals surface area contributed by atoms with Crippen LogP contribution in [-0.2, 0) is 11.8 Å². The number of thioether (sulfide) groups is 1. The van der Waals surface area contributed by atoms with Gasteiger partial charge >= 0.3 is 5.91 Å². The maximum Gasteiger partial charge on any atom is 0.307 e. The summed E-state index contributed by atoms with van der Waals surface area (Å²) in [6.07, 6.45) is 1.93. The third-order valence-corrected chi connectivity index (χ3v) is 5.74. The molecular weight excluding hydrogens is 424 g/mol. The first-order valence-electron chi connectivity index (χ1n) is 9.74. The van der Waals surface area contributed by atoms with Crippen molar-refractivity contribution >= 4 is 46.3 Å². The van der Waals surface area contributed by atoms with Gasteiger partial charge in [-0.2, -0.15) is 15.2 Å². The van der Waals surface area contributed by atoms with Crippen LogP contribution in [0.4, 0.5) is 11.4 Å². The lowest BCUT2D eigenvalue weighted by atomic mass is 10.2. The molecule has 0 spiro atoms. The minimum absolute atomic E-state index is 0.0967. The summed E-state index contributed by atoms with van der Waals surface area (Å²) >= 11 is 1.47. The van der Waals surface area contributed by atoms with Crippen molar-refractivity contribution in [2.24, 2.45) is 22.1 Å². The van der Waals surface area contributed by atoms with E-state index < -0.39 is 5.91 Å². The number of rotatable bonds is 5. The number of aliphatic imine (C=N–C) groups is 2. The monoisotopic (exact) mass is 446 g/mol. The van der Waals surface area contributed by atoms with Gasteiger partial charge in [0.05, 0.1) is 5.69 Å². The number of imidazole rings is 1. The number of carbonyl (C=O) groups excluding carboxylic acids is 1. The molecule has 32 heavy (non-hydrogen) atoms. The average Bonchev–Trinajstić information content (AvgIpc) is 3.40. The van der Waals surface area contributed by atoms with Crippen molar-refractivity contribution < 1.29 is 4.79 Å². The third kappa shape index (κ3) is 3.70. The summed E-state index contributed by atoms with van der Waals surface area (Å²) in [7, 11) is 5.82. The smallest absolute Gasteiger partial charge is 0.307 e. The van der Waals surface area contributed by atoms with Crippen LogP contribution in [0.25, 0.3) is 11.4 Å². The fourth-order valence-electron chi connectivity index (χ4n) is 3.25. The van der Waals surface area contributed by atoms with Crippen molar-refractivity contribution in [1.29, 1.82) is 0 Å². The molecule has 0 N–H and O–H groups in total. The number of anilines is 1. The molecule has 3 heterocycles. The van der Waals surface area contributed by atoms with Gasteiger partial charge in [0.1, 0.15) is 22.1 Å². The van der Waals surface area contributed by atoms with Crippen molar-refractivity contribution in [3.63, 3.8) is 0 Å². The van der Waals surface area contributed by atoms with Crippen LogP contribution < -0.4 is 4.90 Å². The van der Waals surface area contributed by atoms with E-state index in [1.807, 2.05) is 69.6 Å². The van der Waals surface area contributed by atoms with Crippen molar-refractivity contribution in [2.75, 3.05) is 25.3 Å². The lowest BCUT2D eigenvalue weighted by Gasteiger charge is -2.11. The Labute approximate surface area is 189 Å². The molecule has 0 fully saturated rings. The molecule has 10 heteroatoms. The van der Waals surface area contributed by atoms with E-state index in [1.165, 1.54) is 11.8 Å². The van der Waals surface area contributed by atoms with Gasteiger partial charge in [0.2, 0.25) is 0 Å². The van der Waals surface area contributed by atoms with Gasteiger partial charge in [0, 0.05) is 32.5 Å². The first kappa shape index (κ1) is 21.5. The zero-order valence-corrected chi connectivity index (χ0v) is 19.3. The average molecular weight is 447 g/mol. The number of nitrogens with zero attached hydrogens (tertiary/aromatic N) is 8. The molecule has 0 saturated carbocycles. The Bertz CT molecular complexity index is 1300. The van der Waals surface area contributed by atoms with Crippen molar-refractivity contribution in [2.45, 2.75) is 11.9 Å². The van der Waals surface area contributed by atoms with Gasteiger partial charge in [-0.3, -0.25) is 9.48 Å². The lowest BCUT2D eigenvalue weighted by molar-refractivity contribution is -0.111. The van der Waals surface area contributed by atoms with Crippen LogP contribution >= 0.6 is 11.8 Å². The molecule has 162 valence electrons. The van der Waals surface area contributed by atoms with Gasteiger partial charge in [0.15, 0.2) is 11.5 Å². The molecule has 1 aliphatic heterocycles. The van der Waals surface area contributed by atoms with Gasteiger partial charge < -0.3 is 4.90 Å². The van der Waals surface area contributed by atoms with E-state index in [0.717, 1.165) is 22.1 Å². The zero-order chi connectivity index (χ0) is 23.0. The van der Waals surface area contributed by atoms with E-state index in [-0.39, 0.29) is 5.71 Å². The van der Waals surface area contributed by atoms with E-state index in [4.69, 9.17) is 9.98 Å². The number of aromatic nitrogens is 4. The standard InChI is InChI=1S/C22H22N8OS/c1-7-23-21(31)19-18(24-14-8-10-15(11-9-14)28(3)4)20-25-17(22(32-6)30(20)27-19)16-12-13(2)29(5)26-16/h8-12H,1H2,2-6H3. The first-order valence-corrected chi connectivity index (χ1v) is 11.0. The molecular formula is C22H22N8OS. The molecule has 0 radical (unpaired) electrons. The molecule has 3 aromatic rings. The highest BCUT2D eigenvalue weighted by molar-refractivity contribution is 7.98. The number of benzene rings is 1. The maximum absolute atomic E-state index is 12.6. The van der Waals surface area contributed by atoms with Crippen LogP contribution in [-0.4, -0.2) is 63.0 Å². The molecule has 0 atom stereocenters. The summed E-state index contributed by atoms with van der Waals surface area (Å²) in [6.45, 7) is 5.37. The number of carbonyl (C=O) groups is 1. The van der Waals surface area contributed by atoms with Gasteiger partial charge in [-0.05, 0) is 56.0 Å². The number of amides is 1. The summed E-state index contributed by atoms with van der Waals surface area (Å²) < 4.78 is 3.42. The summed E-state index contributed by atoms with van der Waals surface area (Å²) in [5, 5.41) is 9.82. The molecule has 4 rings (SSSR count). The van der Waals surface area contributed by atoms with Crippen molar-refractivity contribution in [3.8, 4) is 11.4 Å². The Morgan fingerprint density at radius 1 is 1.25 bits per heavy atom. The largest absolute Gasteiger partial charge is 0.378 e. The van der Waals surface area contributed by atoms with Crippen LogP contribution in [0.3, 0.4) is 0 Å². The molecule has 1 amide bonds. The minimum Gasteiger partial charge on any atom is -0.378 e. The summed E-state index contributed by atoms with van der Waals surface area (Å²) in [6, 6.07) is 9.64. The molecule has 0 saturated heterocycles. The van der Waals surface area contributed by atoms with Crippen LogP contribution in [0.15, 0.2) is 57.0 Å². The molecule has 9 nitrogen and oxygen atoms in total.